The zero-order valence-corrected chi connectivity index (χ0v) is 17.9. The highest BCUT2D eigenvalue weighted by atomic mass is 16.6. The number of esters is 1. The Bertz CT molecular complexity index is 881. The van der Waals surface area contributed by atoms with Crippen molar-refractivity contribution in [3.8, 4) is 0 Å². The molecular weight excluding hydrogens is 368 g/mol. The molecule has 3 rings (SSSR count). The predicted molar refractivity (Wildman–Crippen MR) is 113 cm³/mol. The van der Waals surface area contributed by atoms with E-state index in [2.05, 4.69) is 29.2 Å². The highest BCUT2D eigenvalue weighted by Crippen LogP contribution is 2.35. The van der Waals surface area contributed by atoms with Gasteiger partial charge in [0.2, 0.25) is 0 Å². The number of ether oxygens (including phenoxy) is 2. The molecule has 1 atom stereocenters. The van der Waals surface area contributed by atoms with Crippen molar-refractivity contribution in [3.05, 3.63) is 52.3 Å². The molecule has 0 aliphatic heterocycles. The number of carbonyl (C=O) groups excluding carboxylic acids is 2. The fraction of sp³-hybridized carbons (Fsp3) is 0.478. The number of H-pyrrole nitrogens is 1. The minimum Gasteiger partial charge on any atom is -0.459 e. The molecule has 6 heteroatoms. The fourth-order valence-corrected chi connectivity index (χ4v) is 3.81. The van der Waals surface area contributed by atoms with Gasteiger partial charge in [-0.1, -0.05) is 12.1 Å². The summed E-state index contributed by atoms with van der Waals surface area (Å²) in [5.41, 5.74) is 4.79. The Morgan fingerprint density at radius 3 is 2.48 bits per heavy atom. The van der Waals surface area contributed by atoms with E-state index in [1.165, 1.54) is 0 Å². The molecule has 0 bridgehead atoms. The number of Topliss-reactive ketones (excluding diaryl/α,β-unsaturated/α-hetero) is 1. The molecule has 1 aliphatic carbocycles. The SMILES string of the molecule is Cc1c(C(=O)OCCOC(C)C)[nH]c2c1C(=O)C[C@H](c1ccc(N(C)C)cc1)C2. The van der Waals surface area contributed by atoms with Gasteiger partial charge in [0.05, 0.1) is 12.7 Å². The number of nitrogens with one attached hydrogen (secondary N) is 1. The Morgan fingerprint density at radius 1 is 1.17 bits per heavy atom. The second-order valence-corrected chi connectivity index (χ2v) is 8.05. The van der Waals surface area contributed by atoms with Crippen LogP contribution in [0.3, 0.4) is 0 Å². The summed E-state index contributed by atoms with van der Waals surface area (Å²) in [6.07, 6.45) is 1.24. The molecule has 1 aliphatic rings. The average molecular weight is 399 g/mol. The van der Waals surface area contributed by atoms with Gasteiger partial charge in [0.25, 0.3) is 0 Å². The number of aromatic nitrogens is 1. The lowest BCUT2D eigenvalue weighted by Gasteiger charge is -2.23. The van der Waals surface area contributed by atoms with Crippen LogP contribution < -0.4 is 4.90 Å². The van der Waals surface area contributed by atoms with Gasteiger partial charge in [-0.15, -0.1) is 0 Å². The summed E-state index contributed by atoms with van der Waals surface area (Å²) in [6, 6.07) is 8.30. The number of fused-ring (bicyclic) bond motifs is 1. The van der Waals surface area contributed by atoms with Crippen molar-refractivity contribution >= 4 is 17.4 Å². The molecule has 0 spiro atoms. The first kappa shape index (κ1) is 21.1. The first-order valence-corrected chi connectivity index (χ1v) is 10.1. The van der Waals surface area contributed by atoms with Gasteiger partial charge in [0, 0.05) is 37.5 Å². The molecule has 2 aromatic rings. The van der Waals surface area contributed by atoms with E-state index < -0.39 is 5.97 Å². The minimum absolute atomic E-state index is 0.0730. The van der Waals surface area contributed by atoms with Crippen molar-refractivity contribution in [2.45, 2.75) is 45.6 Å². The van der Waals surface area contributed by atoms with Crippen LogP contribution in [0.2, 0.25) is 0 Å². The maximum Gasteiger partial charge on any atom is 0.355 e. The van der Waals surface area contributed by atoms with Gasteiger partial charge in [0.1, 0.15) is 12.3 Å². The van der Waals surface area contributed by atoms with Gasteiger partial charge in [-0.05, 0) is 56.4 Å². The number of nitrogens with zero attached hydrogens (tertiary/aromatic N) is 1. The van der Waals surface area contributed by atoms with E-state index in [1.807, 2.05) is 32.8 Å². The molecule has 0 amide bonds. The van der Waals surface area contributed by atoms with Crippen LogP contribution in [0.15, 0.2) is 24.3 Å². The molecule has 1 N–H and O–H groups in total. The summed E-state index contributed by atoms with van der Waals surface area (Å²) in [5, 5.41) is 0. The average Bonchev–Trinajstić information content (AvgIpc) is 3.02. The van der Waals surface area contributed by atoms with Gasteiger partial charge in [0.15, 0.2) is 5.78 Å². The highest BCUT2D eigenvalue weighted by molar-refractivity contribution is 6.03. The van der Waals surface area contributed by atoms with Crippen molar-refractivity contribution in [2.24, 2.45) is 0 Å². The summed E-state index contributed by atoms with van der Waals surface area (Å²) in [4.78, 5) is 30.5. The van der Waals surface area contributed by atoms with Gasteiger partial charge < -0.3 is 19.4 Å². The summed E-state index contributed by atoms with van der Waals surface area (Å²) >= 11 is 0. The van der Waals surface area contributed by atoms with Gasteiger partial charge in [-0.25, -0.2) is 4.79 Å². The highest BCUT2D eigenvalue weighted by Gasteiger charge is 2.32. The Balaban J connectivity index is 1.74. The van der Waals surface area contributed by atoms with Crippen molar-refractivity contribution in [2.75, 3.05) is 32.2 Å². The summed E-state index contributed by atoms with van der Waals surface area (Å²) < 4.78 is 10.7. The van der Waals surface area contributed by atoms with Crippen LogP contribution in [0.5, 0.6) is 0 Å². The number of carbonyl (C=O) groups is 2. The fourth-order valence-electron chi connectivity index (χ4n) is 3.81. The van der Waals surface area contributed by atoms with E-state index in [-0.39, 0.29) is 24.4 Å². The van der Waals surface area contributed by atoms with Gasteiger partial charge in [-0.2, -0.15) is 0 Å². The molecule has 1 aromatic carbocycles. The second-order valence-electron chi connectivity index (χ2n) is 8.05. The first-order chi connectivity index (χ1) is 13.8. The summed E-state index contributed by atoms with van der Waals surface area (Å²) in [7, 11) is 4.01. The molecule has 6 nitrogen and oxygen atoms in total. The number of anilines is 1. The third-order valence-corrected chi connectivity index (χ3v) is 5.34. The minimum atomic E-state index is -0.441. The van der Waals surface area contributed by atoms with E-state index in [4.69, 9.17) is 9.47 Å². The third kappa shape index (κ3) is 4.70. The Hall–Kier alpha value is -2.60. The lowest BCUT2D eigenvalue weighted by molar-refractivity contribution is 0.0172. The molecule has 0 radical (unpaired) electrons. The number of rotatable bonds is 7. The molecule has 29 heavy (non-hydrogen) atoms. The maximum atomic E-state index is 12.8. The first-order valence-electron chi connectivity index (χ1n) is 10.1. The van der Waals surface area contributed by atoms with Crippen LogP contribution in [0, 0.1) is 6.92 Å². The monoisotopic (exact) mass is 398 g/mol. The maximum absolute atomic E-state index is 12.8. The lowest BCUT2D eigenvalue weighted by Crippen LogP contribution is -2.18. The summed E-state index contributed by atoms with van der Waals surface area (Å²) in [6.45, 7) is 6.21. The normalized spacial score (nSPS) is 16.1. The Morgan fingerprint density at radius 2 is 1.86 bits per heavy atom. The number of hydrogen-bond donors (Lipinski definition) is 1. The molecule has 0 saturated carbocycles. The van der Waals surface area contributed by atoms with E-state index in [0.29, 0.717) is 36.3 Å². The van der Waals surface area contributed by atoms with Gasteiger partial charge in [-0.3, -0.25) is 4.79 Å². The molecule has 0 unspecified atom stereocenters. The number of hydrogen-bond acceptors (Lipinski definition) is 5. The van der Waals surface area contributed by atoms with Crippen LogP contribution >= 0.6 is 0 Å². The molecule has 1 heterocycles. The Labute approximate surface area is 172 Å². The number of ketones is 1. The largest absolute Gasteiger partial charge is 0.459 e. The van der Waals surface area contributed by atoms with E-state index >= 15 is 0 Å². The van der Waals surface area contributed by atoms with Gasteiger partial charge >= 0.3 is 5.97 Å². The molecule has 0 saturated heterocycles. The van der Waals surface area contributed by atoms with Crippen molar-refractivity contribution in [1.82, 2.24) is 4.98 Å². The topological polar surface area (TPSA) is 71.6 Å². The van der Waals surface area contributed by atoms with E-state index in [1.54, 1.807) is 6.92 Å². The predicted octanol–water partition coefficient (Wildman–Crippen LogP) is 3.88. The molecule has 156 valence electrons. The molecule has 1 aromatic heterocycles. The third-order valence-electron chi connectivity index (χ3n) is 5.34. The van der Waals surface area contributed by atoms with Crippen molar-refractivity contribution in [1.29, 1.82) is 0 Å². The van der Waals surface area contributed by atoms with Crippen LogP contribution in [-0.4, -0.2) is 50.1 Å². The van der Waals surface area contributed by atoms with Crippen LogP contribution in [0.1, 0.15) is 63.9 Å². The quantitative estimate of drug-likeness (QED) is 0.566. The van der Waals surface area contributed by atoms with Crippen LogP contribution in [0.4, 0.5) is 5.69 Å². The molecular formula is C23H30N2O4. The van der Waals surface area contributed by atoms with Crippen molar-refractivity contribution in [3.63, 3.8) is 0 Å². The second kappa shape index (κ2) is 8.82. The zero-order valence-electron chi connectivity index (χ0n) is 17.9. The zero-order chi connectivity index (χ0) is 21.1. The Kier molecular flexibility index (Phi) is 6.42. The lowest BCUT2D eigenvalue weighted by atomic mass is 9.81. The van der Waals surface area contributed by atoms with E-state index in [0.717, 1.165) is 16.9 Å². The van der Waals surface area contributed by atoms with Crippen molar-refractivity contribution < 1.29 is 19.1 Å². The van der Waals surface area contributed by atoms with Crippen LogP contribution in [-0.2, 0) is 15.9 Å². The molecule has 0 fully saturated rings. The summed E-state index contributed by atoms with van der Waals surface area (Å²) in [5.74, 6) is -0.264. The number of benzene rings is 1. The standard InChI is InChI=1S/C23H30N2O4/c1-14(2)28-10-11-29-23(27)22-15(3)21-19(24-22)12-17(13-20(21)26)16-6-8-18(9-7-16)25(4)5/h6-9,14,17,24H,10-13H2,1-5H3/t17-/m1/s1. The smallest absolute Gasteiger partial charge is 0.355 e. The van der Waals surface area contributed by atoms with Crippen LogP contribution in [0.25, 0.3) is 0 Å². The number of aromatic amines is 1. The van der Waals surface area contributed by atoms with E-state index in [9.17, 15) is 9.59 Å².